The van der Waals surface area contributed by atoms with Gasteiger partial charge in [-0.25, -0.2) is 4.39 Å². The Labute approximate surface area is 150 Å². The molecule has 0 spiro atoms. The van der Waals surface area contributed by atoms with E-state index in [9.17, 15) is 4.39 Å². The topological polar surface area (TPSA) is 81.2 Å². The number of nitrogens with one attached hydrogen (secondary N) is 2. The molecule has 3 rings (SSSR count). The summed E-state index contributed by atoms with van der Waals surface area (Å²) in [7, 11) is 1.62. The van der Waals surface area contributed by atoms with Gasteiger partial charge in [-0.05, 0) is 48.5 Å². The molecule has 0 saturated heterocycles. The molecular formula is C18H18FN5O2. The number of benzene rings is 2. The summed E-state index contributed by atoms with van der Waals surface area (Å²) < 4.78 is 23.7. The number of anilines is 3. The summed E-state index contributed by atoms with van der Waals surface area (Å²) in [6, 6.07) is 13.3. The van der Waals surface area contributed by atoms with E-state index in [1.165, 1.54) is 18.3 Å². The summed E-state index contributed by atoms with van der Waals surface area (Å²) in [5, 5.41) is 13.9. The van der Waals surface area contributed by atoms with Crippen molar-refractivity contribution in [2.75, 3.05) is 30.9 Å². The minimum absolute atomic E-state index is 0.304. The largest absolute Gasteiger partial charge is 0.497 e. The zero-order valence-electron chi connectivity index (χ0n) is 14.1. The van der Waals surface area contributed by atoms with Crippen molar-refractivity contribution in [2.45, 2.75) is 0 Å². The maximum atomic E-state index is 12.9. The van der Waals surface area contributed by atoms with Crippen LogP contribution in [0.4, 0.5) is 21.8 Å². The molecule has 1 aromatic heterocycles. The normalized spacial score (nSPS) is 10.2. The SMILES string of the molecule is COc1ccc(OCCNc2cnnc(Nc3ccc(F)cc3)n2)cc1. The molecule has 0 aliphatic carbocycles. The molecule has 8 heteroatoms. The van der Waals surface area contributed by atoms with Crippen molar-refractivity contribution in [3.05, 3.63) is 60.5 Å². The van der Waals surface area contributed by atoms with Gasteiger partial charge in [0.15, 0.2) is 5.82 Å². The standard InChI is InChI=1S/C18H18FN5O2/c1-25-15-6-8-16(9-7-15)26-11-10-20-17-12-21-24-18(23-17)22-14-4-2-13(19)3-5-14/h2-9,12H,10-11H2,1H3,(H2,20,22,23,24). The Morgan fingerprint density at radius 1 is 1.00 bits per heavy atom. The van der Waals surface area contributed by atoms with Crippen molar-refractivity contribution in [1.29, 1.82) is 0 Å². The lowest BCUT2D eigenvalue weighted by atomic mass is 10.3. The second-order valence-corrected chi connectivity index (χ2v) is 5.25. The molecule has 1 heterocycles. The summed E-state index contributed by atoms with van der Waals surface area (Å²) in [5.41, 5.74) is 0.674. The lowest BCUT2D eigenvalue weighted by molar-refractivity contribution is 0.331. The fraction of sp³-hybridized carbons (Fsp3) is 0.167. The molecule has 2 aromatic carbocycles. The molecule has 26 heavy (non-hydrogen) atoms. The number of nitrogens with zero attached hydrogens (tertiary/aromatic N) is 3. The van der Waals surface area contributed by atoms with Crippen LogP contribution in [0.2, 0.25) is 0 Å². The Bertz CT molecular complexity index is 828. The number of rotatable bonds is 8. The van der Waals surface area contributed by atoms with Crippen LogP contribution in [-0.4, -0.2) is 35.4 Å². The number of hydrogen-bond donors (Lipinski definition) is 2. The van der Waals surface area contributed by atoms with E-state index >= 15 is 0 Å². The van der Waals surface area contributed by atoms with Crippen LogP contribution >= 0.6 is 0 Å². The van der Waals surface area contributed by atoms with E-state index in [-0.39, 0.29) is 5.82 Å². The number of ether oxygens (including phenoxy) is 2. The number of hydrogen-bond acceptors (Lipinski definition) is 7. The van der Waals surface area contributed by atoms with E-state index in [4.69, 9.17) is 9.47 Å². The van der Waals surface area contributed by atoms with Crippen molar-refractivity contribution in [1.82, 2.24) is 15.2 Å². The minimum Gasteiger partial charge on any atom is -0.497 e. The van der Waals surface area contributed by atoms with Crippen LogP contribution in [-0.2, 0) is 0 Å². The molecule has 0 atom stereocenters. The zero-order chi connectivity index (χ0) is 18.2. The van der Waals surface area contributed by atoms with Gasteiger partial charge in [0.2, 0.25) is 5.95 Å². The van der Waals surface area contributed by atoms with Crippen LogP contribution in [0.5, 0.6) is 11.5 Å². The maximum absolute atomic E-state index is 12.9. The molecular weight excluding hydrogens is 337 g/mol. The van der Waals surface area contributed by atoms with Crippen molar-refractivity contribution in [3.8, 4) is 11.5 Å². The zero-order valence-corrected chi connectivity index (χ0v) is 14.1. The predicted molar refractivity (Wildman–Crippen MR) is 96.5 cm³/mol. The number of halogens is 1. The van der Waals surface area contributed by atoms with Gasteiger partial charge in [0.1, 0.15) is 23.9 Å². The molecule has 0 unspecified atom stereocenters. The highest BCUT2D eigenvalue weighted by Crippen LogP contribution is 2.17. The fourth-order valence-electron chi connectivity index (χ4n) is 2.12. The Hall–Kier alpha value is -3.42. The molecule has 0 aliphatic heterocycles. The molecule has 7 nitrogen and oxygen atoms in total. The van der Waals surface area contributed by atoms with Gasteiger partial charge in [-0.3, -0.25) is 0 Å². The Morgan fingerprint density at radius 2 is 1.73 bits per heavy atom. The lowest BCUT2D eigenvalue weighted by Gasteiger charge is -2.09. The summed E-state index contributed by atoms with van der Waals surface area (Å²) in [4.78, 5) is 4.30. The molecule has 0 fully saturated rings. The van der Waals surface area contributed by atoms with E-state index in [0.29, 0.717) is 30.6 Å². The molecule has 0 aliphatic rings. The van der Waals surface area contributed by atoms with Crippen molar-refractivity contribution < 1.29 is 13.9 Å². The van der Waals surface area contributed by atoms with Crippen LogP contribution in [0.1, 0.15) is 0 Å². The Morgan fingerprint density at radius 3 is 2.46 bits per heavy atom. The lowest BCUT2D eigenvalue weighted by Crippen LogP contribution is -2.13. The third-order valence-electron chi connectivity index (χ3n) is 3.40. The van der Waals surface area contributed by atoms with E-state index in [1.807, 2.05) is 24.3 Å². The highest BCUT2D eigenvalue weighted by molar-refractivity contribution is 5.53. The highest BCUT2D eigenvalue weighted by Gasteiger charge is 2.02. The quantitative estimate of drug-likeness (QED) is 0.600. The van der Waals surface area contributed by atoms with E-state index in [1.54, 1.807) is 19.2 Å². The smallest absolute Gasteiger partial charge is 0.249 e. The van der Waals surface area contributed by atoms with Crippen LogP contribution in [0.25, 0.3) is 0 Å². The molecule has 2 N–H and O–H groups in total. The minimum atomic E-state index is -0.304. The van der Waals surface area contributed by atoms with E-state index < -0.39 is 0 Å². The first-order chi connectivity index (χ1) is 12.7. The fourth-order valence-corrected chi connectivity index (χ4v) is 2.12. The molecule has 0 amide bonds. The van der Waals surface area contributed by atoms with Gasteiger partial charge in [0.05, 0.1) is 19.9 Å². The Balaban J connectivity index is 1.48. The van der Waals surface area contributed by atoms with Crippen molar-refractivity contribution in [2.24, 2.45) is 0 Å². The third kappa shape index (κ3) is 5.04. The molecule has 0 bridgehead atoms. The second-order valence-electron chi connectivity index (χ2n) is 5.25. The second kappa shape index (κ2) is 8.61. The summed E-state index contributed by atoms with van der Waals surface area (Å²) in [6.07, 6.45) is 1.52. The van der Waals surface area contributed by atoms with Gasteiger partial charge < -0.3 is 20.1 Å². The number of aromatic nitrogens is 3. The first-order valence-electron chi connectivity index (χ1n) is 7.96. The molecule has 134 valence electrons. The van der Waals surface area contributed by atoms with E-state index in [0.717, 1.165) is 11.5 Å². The van der Waals surface area contributed by atoms with Crippen molar-refractivity contribution >= 4 is 17.5 Å². The van der Waals surface area contributed by atoms with Crippen LogP contribution in [0.15, 0.2) is 54.7 Å². The highest BCUT2D eigenvalue weighted by atomic mass is 19.1. The van der Waals surface area contributed by atoms with Gasteiger partial charge in [0.25, 0.3) is 0 Å². The molecule has 0 saturated carbocycles. The van der Waals surface area contributed by atoms with Crippen LogP contribution in [0.3, 0.4) is 0 Å². The van der Waals surface area contributed by atoms with Gasteiger partial charge in [0, 0.05) is 5.69 Å². The Kier molecular flexibility index (Phi) is 5.76. The monoisotopic (exact) mass is 355 g/mol. The van der Waals surface area contributed by atoms with Gasteiger partial charge >= 0.3 is 0 Å². The van der Waals surface area contributed by atoms with E-state index in [2.05, 4.69) is 25.8 Å². The van der Waals surface area contributed by atoms with Crippen molar-refractivity contribution in [3.63, 3.8) is 0 Å². The van der Waals surface area contributed by atoms with Crippen LogP contribution < -0.4 is 20.1 Å². The molecule has 3 aromatic rings. The maximum Gasteiger partial charge on any atom is 0.249 e. The third-order valence-corrected chi connectivity index (χ3v) is 3.40. The first-order valence-corrected chi connectivity index (χ1v) is 7.96. The van der Waals surface area contributed by atoms with Crippen LogP contribution in [0, 0.1) is 5.82 Å². The average Bonchev–Trinajstić information content (AvgIpc) is 2.68. The van der Waals surface area contributed by atoms with Gasteiger partial charge in [-0.2, -0.15) is 10.1 Å². The average molecular weight is 355 g/mol. The molecule has 0 radical (unpaired) electrons. The van der Waals surface area contributed by atoms with Gasteiger partial charge in [-0.15, -0.1) is 5.10 Å². The number of methoxy groups -OCH3 is 1. The first kappa shape index (κ1) is 17.4. The van der Waals surface area contributed by atoms with Gasteiger partial charge in [-0.1, -0.05) is 0 Å². The summed E-state index contributed by atoms with van der Waals surface area (Å²) in [5.74, 6) is 2.11. The summed E-state index contributed by atoms with van der Waals surface area (Å²) in [6.45, 7) is 0.998. The summed E-state index contributed by atoms with van der Waals surface area (Å²) >= 11 is 0. The predicted octanol–water partition coefficient (Wildman–Crippen LogP) is 3.25.